The largest absolute Gasteiger partial charge is 0.339 e. The van der Waals surface area contributed by atoms with E-state index in [-0.39, 0.29) is 23.5 Å². The molecule has 0 bridgehead atoms. The van der Waals surface area contributed by atoms with Gasteiger partial charge in [-0.1, -0.05) is 23.8 Å². The summed E-state index contributed by atoms with van der Waals surface area (Å²) in [5.74, 6) is 0.330. The van der Waals surface area contributed by atoms with Gasteiger partial charge in [0.15, 0.2) is 9.84 Å². The van der Waals surface area contributed by atoms with Crippen molar-refractivity contribution in [3.05, 3.63) is 34.9 Å². The lowest BCUT2D eigenvalue weighted by Crippen LogP contribution is -2.41. The number of carbonyl (C=O) groups excluding carboxylic acids is 1. The van der Waals surface area contributed by atoms with Gasteiger partial charge >= 0.3 is 0 Å². The van der Waals surface area contributed by atoms with Gasteiger partial charge < -0.3 is 4.90 Å². The minimum absolute atomic E-state index is 0.0200. The average molecular weight is 309 g/mol. The molecule has 1 amide bonds. The molecule has 1 heterocycles. The Morgan fingerprint density at radius 3 is 2.57 bits per heavy atom. The fourth-order valence-corrected chi connectivity index (χ4v) is 4.70. The van der Waals surface area contributed by atoms with Gasteiger partial charge in [0.05, 0.1) is 17.9 Å². The van der Waals surface area contributed by atoms with E-state index in [4.69, 9.17) is 0 Å². The van der Waals surface area contributed by atoms with Crippen molar-refractivity contribution in [3.8, 4) is 0 Å². The van der Waals surface area contributed by atoms with Gasteiger partial charge in [0, 0.05) is 12.6 Å². The third-order valence-electron chi connectivity index (χ3n) is 4.15. The van der Waals surface area contributed by atoms with Crippen LogP contribution in [0, 0.1) is 13.8 Å². The zero-order valence-electron chi connectivity index (χ0n) is 12.9. The number of benzene rings is 1. The van der Waals surface area contributed by atoms with E-state index in [1.165, 1.54) is 5.56 Å². The van der Waals surface area contributed by atoms with Crippen molar-refractivity contribution in [2.45, 2.75) is 39.7 Å². The lowest BCUT2D eigenvalue weighted by Gasteiger charge is -2.27. The van der Waals surface area contributed by atoms with Crippen LogP contribution in [0.2, 0.25) is 0 Å². The molecule has 0 spiro atoms. The number of aryl methyl sites for hydroxylation is 2. The second-order valence-electron chi connectivity index (χ2n) is 5.84. The maximum absolute atomic E-state index is 12.5. The van der Waals surface area contributed by atoms with Crippen molar-refractivity contribution in [1.29, 1.82) is 0 Å². The molecular weight excluding hydrogens is 286 g/mol. The molecule has 0 aliphatic carbocycles. The van der Waals surface area contributed by atoms with Gasteiger partial charge in [-0.25, -0.2) is 8.42 Å². The highest BCUT2D eigenvalue weighted by Gasteiger charge is 2.33. The van der Waals surface area contributed by atoms with Gasteiger partial charge in [-0.3, -0.25) is 4.79 Å². The lowest BCUT2D eigenvalue weighted by molar-refractivity contribution is -0.132. The Hall–Kier alpha value is -1.36. The fraction of sp³-hybridized carbons (Fsp3) is 0.562. The Bertz CT molecular complexity index is 637. The van der Waals surface area contributed by atoms with Gasteiger partial charge in [-0.2, -0.15) is 0 Å². The van der Waals surface area contributed by atoms with Crippen molar-refractivity contribution in [1.82, 2.24) is 4.90 Å². The van der Waals surface area contributed by atoms with Crippen molar-refractivity contribution < 1.29 is 13.2 Å². The third-order valence-corrected chi connectivity index (χ3v) is 5.90. The number of hydrogen-bond donors (Lipinski definition) is 0. The topological polar surface area (TPSA) is 54.5 Å². The quantitative estimate of drug-likeness (QED) is 0.853. The number of hydrogen-bond acceptors (Lipinski definition) is 3. The molecule has 1 aromatic rings. The molecule has 0 aromatic heterocycles. The predicted octanol–water partition coefficient (Wildman–Crippen LogP) is 1.88. The molecule has 2 rings (SSSR count). The maximum atomic E-state index is 12.5. The normalized spacial score (nSPS) is 20.4. The maximum Gasteiger partial charge on any atom is 0.227 e. The molecule has 1 aliphatic heterocycles. The number of amides is 1. The zero-order chi connectivity index (χ0) is 15.6. The van der Waals surface area contributed by atoms with E-state index in [9.17, 15) is 13.2 Å². The highest BCUT2D eigenvalue weighted by Crippen LogP contribution is 2.19. The smallest absolute Gasteiger partial charge is 0.227 e. The van der Waals surface area contributed by atoms with Gasteiger partial charge in [0.1, 0.15) is 0 Å². The molecule has 1 unspecified atom stereocenters. The minimum Gasteiger partial charge on any atom is -0.339 e. The predicted molar refractivity (Wildman–Crippen MR) is 84.1 cm³/mol. The van der Waals surface area contributed by atoms with E-state index in [1.807, 2.05) is 32.9 Å². The van der Waals surface area contributed by atoms with Gasteiger partial charge in [0.25, 0.3) is 0 Å². The van der Waals surface area contributed by atoms with Crippen LogP contribution in [0.4, 0.5) is 0 Å². The summed E-state index contributed by atoms with van der Waals surface area (Å²) in [6, 6.07) is 5.91. The summed E-state index contributed by atoms with van der Waals surface area (Å²) in [5.41, 5.74) is 3.31. The van der Waals surface area contributed by atoms with E-state index in [0.717, 1.165) is 11.1 Å². The van der Waals surface area contributed by atoms with Crippen molar-refractivity contribution in [3.63, 3.8) is 0 Å². The molecule has 21 heavy (non-hydrogen) atoms. The molecule has 116 valence electrons. The second kappa shape index (κ2) is 6.18. The van der Waals surface area contributed by atoms with Gasteiger partial charge in [-0.15, -0.1) is 0 Å². The zero-order valence-corrected chi connectivity index (χ0v) is 13.7. The van der Waals surface area contributed by atoms with Crippen molar-refractivity contribution in [2.24, 2.45) is 0 Å². The fourth-order valence-electron chi connectivity index (χ4n) is 2.97. The molecular formula is C16H23NO3S. The molecule has 0 N–H and O–H groups in total. The van der Waals surface area contributed by atoms with Gasteiger partial charge in [0.2, 0.25) is 5.91 Å². The highest BCUT2D eigenvalue weighted by molar-refractivity contribution is 7.91. The van der Waals surface area contributed by atoms with Crippen molar-refractivity contribution in [2.75, 3.05) is 18.1 Å². The monoisotopic (exact) mass is 309 g/mol. The van der Waals surface area contributed by atoms with Crippen molar-refractivity contribution >= 4 is 15.7 Å². The van der Waals surface area contributed by atoms with Gasteiger partial charge in [-0.05, 0) is 38.3 Å². The van der Waals surface area contributed by atoms with Crippen LogP contribution in [0.3, 0.4) is 0 Å². The van der Waals surface area contributed by atoms with E-state index in [0.29, 0.717) is 19.4 Å². The molecule has 0 saturated carbocycles. The Balaban J connectivity index is 2.10. The molecule has 1 fully saturated rings. The summed E-state index contributed by atoms with van der Waals surface area (Å²) in [6.45, 7) is 6.50. The summed E-state index contributed by atoms with van der Waals surface area (Å²) in [6.07, 6.45) is 0.908. The summed E-state index contributed by atoms with van der Waals surface area (Å²) in [7, 11) is -2.96. The Morgan fingerprint density at radius 1 is 1.33 bits per heavy atom. The van der Waals surface area contributed by atoms with Crippen LogP contribution >= 0.6 is 0 Å². The average Bonchev–Trinajstić information content (AvgIpc) is 2.74. The second-order valence-corrected chi connectivity index (χ2v) is 8.07. The van der Waals surface area contributed by atoms with Crippen LogP contribution in [0.5, 0.6) is 0 Å². The van der Waals surface area contributed by atoms with E-state index in [1.54, 1.807) is 4.90 Å². The molecule has 1 atom stereocenters. The first-order valence-corrected chi connectivity index (χ1v) is 9.20. The molecule has 1 aliphatic rings. The number of nitrogens with zero attached hydrogens (tertiary/aromatic N) is 1. The third kappa shape index (κ3) is 3.84. The summed E-state index contributed by atoms with van der Waals surface area (Å²) in [5, 5.41) is 0. The van der Waals surface area contributed by atoms with Crippen LogP contribution in [0.1, 0.15) is 30.0 Å². The highest BCUT2D eigenvalue weighted by atomic mass is 32.2. The molecule has 5 heteroatoms. The first-order chi connectivity index (χ1) is 9.82. The van der Waals surface area contributed by atoms with Crippen LogP contribution < -0.4 is 0 Å². The van der Waals surface area contributed by atoms with Crippen LogP contribution in [-0.4, -0.2) is 43.3 Å². The SMILES string of the molecule is CCN(C(=O)Cc1ccc(C)cc1C)C1CCS(=O)(=O)C1. The standard InChI is InChI=1S/C16H23NO3S/c1-4-17(15-7-8-21(19,20)11-15)16(18)10-14-6-5-12(2)9-13(14)3/h5-6,9,15H,4,7-8,10-11H2,1-3H3. The first-order valence-electron chi connectivity index (χ1n) is 7.38. The summed E-state index contributed by atoms with van der Waals surface area (Å²) >= 11 is 0. The summed E-state index contributed by atoms with van der Waals surface area (Å²) < 4.78 is 23.2. The van der Waals surface area contributed by atoms with E-state index < -0.39 is 9.84 Å². The molecule has 1 saturated heterocycles. The first kappa shape index (κ1) is 16.0. The minimum atomic E-state index is -2.96. The number of rotatable bonds is 4. The Morgan fingerprint density at radius 2 is 2.05 bits per heavy atom. The Labute approximate surface area is 127 Å². The van der Waals surface area contributed by atoms with E-state index >= 15 is 0 Å². The van der Waals surface area contributed by atoms with Crippen LogP contribution in [0.15, 0.2) is 18.2 Å². The van der Waals surface area contributed by atoms with Crippen LogP contribution in [0.25, 0.3) is 0 Å². The Kier molecular flexibility index (Phi) is 4.71. The van der Waals surface area contributed by atoms with Crippen LogP contribution in [-0.2, 0) is 21.1 Å². The number of likely N-dealkylation sites (N-methyl/N-ethyl adjacent to an activating group) is 1. The lowest BCUT2D eigenvalue weighted by atomic mass is 10.0. The molecule has 0 radical (unpaired) electrons. The molecule has 1 aromatic carbocycles. The number of carbonyl (C=O) groups is 1. The molecule has 4 nitrogen and oxygen atoms in total. The number of sulfone groups is 1. The van der Waals surface area contributed by atoms with E-state index in [2.05, 4.69) is 6.07 Å². The summed E-state index contributed by atoms with van der Waals surface area (Å²) in [4.78, 5) is 14.2.